The lowest BCUT2D eigenvalue weighted by Crippen LogP contribution is -2.26. The molecule has 0 radical (unpaired) electrons. The smallest absolute Gasteiger partial charge is 0.129 e. The van der Waals surface area contributed by atoms with E-state index in [4.69, 9.17) is 4.74 Å². The highest BCUT2D eigenvalue weighted by Gasteiger charge is 2.02. The third kappa shape index (κ3) is 4.51. The SMILES string of the molecule is CCOC(C)CNCc1ccc(O)c(Br)c1. The van der Waals surface area contributed by atoms with E-state index in [1.54, 1.807) is 6.07 Å². The van der Waals surface area contributed by atoms with Gasteiger partial charge in [-0.15, -0.1) is 0 Å². The fourth-order valence-electron chi connectivity index (χ4n) is 1.42. The summed E-state index contributed by atoms with van der Waals surface area (Å²) < 4.78 is 6.14. The number of hydrogen-bond acceptors (Lipinski definition) is 3. The van der Waals surface area contributed by atoms with Crippen molar-refractivity contribution in [2.24, 2.45) is 0 Å². The van der Waals surface area contributed by atoms with E-state index in [9.17, 15) is 5.11 Å². The van der Waals surface area contributed by atoms with Gasteiger partial charge in [0, 0.05) is 19.7 Å². The molecule has 0 saturated heterocycles. The standard InChI is InChI=1S/C12H18BrNO2/c1-3-16-9(2)7-14-8-10-4-5-12(15)11(13)6-10/h4-6,9,14-15H,3,7-8H2,1-2H3. The minimum atomic E-state index is 0.227. The summed E-state index contributed by atoms with van der Waals surface area (Å²) in [4.78, 5) is 0. The number of hydrogen-bond donors (Lipinski definition) is 2. The first-order valence-electron chi connectivity index (χ1n) is 5.43. The average Bonchev–Trinajstić information content (AvgIpc) is 2.24. The summed E-state index contributed by atoms with van der Waals surface area (Å²) >= 11 is 3.29. The Hall–Kier alpha value is -0.580. The van der Waals surface area contributed by atoms with Crippen LogP contribution in [0.15, 0.2) is 22.7 Å². The Morgan fingerprint density at radius 2 is 2.25 bits per heavy atom. The number of nitrogens with one attached hydrogen (secondary N) is 1. The van der Waals surface area contributed by atoms with Crippen molar-refractivity contribution in [3.8, 4) is 5.75 Å². The molecule has 0 aliphatic rings. The molecular weight excluding hydrogens is 270 g/mol. The third-order valence-electron chi connectivity index (χ3n) is 2.22. The normalized spacial score (nSPS) is 12.7. The zero-order valence-electron chi connectivity index (χ0n) is 9.66. The van der Waals surface area contributed by atoms with Gasteiger partial charge < -0.3 is 15.2 Å². The summed E-state index contributed by atoms with van der Waals surface area (Å²) in [6, 6.07) is 5.50. The predicted molar refractivity (Wildman–Crippen MR) is 68.6 cm³/mol. The molecule has 0 aliphatic carbocycles. The van der Waals surface area contributed by atoms with E-state index in [-0.39, 0.29) is 11.9 Å². The lowest BCUT2D eigenvalue weighted by molar-refractivity contribution is 0.0759. The molecular formula is C12H18BrNO2. The molecule has 1 rings (SSSR count). The van der Waals surface area contributed by atoms with Crippen molar-refractivity contribution < 1.29 is 9.84 Å². The van der Waals surface area contributed by atoms with Crippen LogP contribution in [0.1, 0.15) is 19.4 Å². The Morgan fingerprint density at radius 1 is 1.50 bits per heavy atom. The highest BCUT2D eigenvalue weighted by Crippen LogP contribution is 2.24. The van der Waals surface area contributed by atoms with Crippen LogP contribution in [0, 0.1) is 0 Å². The number of aromatic hydroxyl groups is 1. The van der Waals surface area contributed by atoms with Crippen LogP contribution in [0.25, 0.3) is 0 Å². The first kappa shape index (κ1) is 13.5. The highest BCUT2D eigenvalue weighted by molar-refractivity contribution is 9.10. The second kappa shape index (κ2) is 6.89. The molecule has 0 spiro atoms. The van der Waals surface area contributed by atoms with Gasteiger partial charge in [0.1, 0.15) is 5.75 Å². The molecule has 0 saturated carbocycles. The number of phenolic OH excluding ortho intramolecular Hbond substituents is 1. The first-order valence-corrected chi connectivity index (χ1v) is 6.22. The number of rotatable bonds is 6. The summed E-state index contributed by atoms with van der Waals surface area (Å²) in [6.07, 6.45) is 0.227. The molecule has 0 amide bonds. The molecule has 0 aliphatic heterocycles. The zero-order chi connectivity index (χ0) is 12.0. The van der Waals surface area contributed by atoms with Crippen LogP contribution in [0.2, 0.25) is 0 Å². The van der Waals surface area contributed by atoms with Crippen molar-refractivity contribution in [2.75, 3.05) is 13.2 Å². The van der Waals surface area contributed by atoms with Gasteiger partial charge in [-0.1, -0.05) is 6.07 Å². The number of halogens is 1. The Morgan fingerprint density at radius 3 is 2.88 bits per heavy atom. The molecule has 16 heavy (non-hydrogen) atoms. The second-order valence-corrected chi connectivity index (χ2v) is 4.54. The maximum atomic E-state index is 9.34. The molecule has 1 unspecified atom stereocenters. The first-order chi connectivity index (χ1) is 7.63. The van der Waals surface area contributed by atoms with E-state index in [0.29, 0.717) is 0 Å². The number of phenols is 1. The molecule has 3 nitrogen and oxygen atoms in total. The van der Waals surface area contributed by atoms with E-state index in [1.165, 1.54) is 0 Å². The quantitative estimate of drug-likeness (QED) is 0.845. The maximum Gasteiger partial charge on any atom is 0.129 e. The number of benzene rings is 1. The Bertz CT molecular complexity index is 331. The van der Waals surface area contributed by atoms with E-state index >= 15 is 0 Å². The minimum absolute atomic E-state index is 0.227. The molecule has 4 heteroatoms. The molecule has 0 fully saturated rings. The van der Waals surface area contributed by atoms with Gasteiger partial charge in [0.2, 0.25) is 0 Å². The van der Waals surface area contributed by atoms with Crippen molar-refractivity contribution in [2.45, 2.75) is 26.5 Å². The van der Waals surface area contributed by atoms with E-state index in [0.717, 1.165) is 29.7 Å². The minimum Gasteiger partial charge on any atom is -0.507 e. The van der Waals surface area contributed by atoms with Crippen molar-refractivity contribution in [3.05, 3.63) is 28.2 Å². The van der Waals surface area contributed by atoms with Crippen LogP contribution in [-0.4, -0.2) is 24.4 Å². The molecule has 1 atom stereocenters. The van der Waals surface area contributed by atoms with Gasteiger partial charge in [-0.25, -0.2) is 0 Å². The van der Waals surface area contributed by atoms with Crippen LogP contribution in [-0.2, 0) is 11.3 Å². The molecule has 0 bridgehead atoms. The lowest BCUT2D eigenvalue weighted by Gasteiger charge is -2.12. The summed E-state index contributed by atoms with van der Waals surface area (Å²) in [5, 5.41) is 12.6. The predicted octanol–water partition coefficient (Wildman–Crippen LogP) is 2.67. The van der Waals surface area contributed by atoms with Gasteiger partial charge in [-0.05, 0) is 47.5 Å². The molecule has 0 aromatic heterocycles. The van der Waals surface area contributed by atoms with Crippen molar-refractivity contribution in [1.82, 2.24) is 5.32 Å². The summed E-state index contributed by atoms with van der Waals surface area (Å²) in [7, 11) is 0. The van der Waals surface area contributed by atoms with Gasteiger partial charge in [0.25, 0.3) is 0 Å². The lowest BCUT2D eigenvalue weighted by atomic mass is 10.2. The molecule has 1 aromatic rings. The summed E-state index contributed by atoms with van der Waals surface area (Å²) in [5.41, 5.74) is 1.13. The summed E-state index contributed by atoms with van der Waals surface area (Å²) in [5.74, 6) is 0.270. The van der Waals surface area contributed by atoms with Crippen molar-refractivity contribution in [1.29, 1.82) is 0 Å². The molecule has 2 N–H and O–H groups in total. The zero-order valence-corrected chi connectivity index (χ0v) is 11.3. The van der Waals surface area contributed by atoms with Crippen LogP contribution < -0.4 is 5.32 Å². The number of ether oxygens (including phenoxy) is 1. The van der Waals surface area contributed by atoms with Crippen LogP contribution in [0.3, 0.4) is 0 Å². The Kier molecular flexibility index (Phi) is 5.80. The second-order valence-electron chi connectivity index (χ2n) is 3.68. The maximum absolute atomic E-state index is 9.34. The molecule has 0 heterocycles. The topological polar surface area (TPSA) is 41.5 Å². The van der Waals surface area contributed by atoms with Crippen LogP contribution >= 0.6 is 15.9 Å². The van der Waals surface area contributed by atoms with Gasteiger partial charge >= 0.3 is 0 Å². The Labute approximate surface area is 105 Å². The van der Waals surface area contributed by atoms with Gasteiger partial charge in [-0.3, -0.25) is 0 Å². The van der Waals surface area contributed by atoms with Crippen LogP contribution in [0.4, 0.5) is 0 Å². The highest BCUT2D eigenvalue weighted by atomic mass is 79.9. The van der Waals surface area contributed by atoms with Gasteiger partial charge in [-0.2, -0.15) is 0 Å². The molecule has 1 aromatic carbocycles. The van der Waals surface area contributed by atoms with Crippen molar-refractivity contribution >= 4 is 15.9 Å². The fourth-order valence-corrected chi connectivity index (χ4v) is 1.85. The fraction of sp³-hybridized carbons (Fsp3) is 0.500. The average molecular weight is 288 g/mol. The van der Waals surface area contributed by atoms with E-state index < -0.39 is 0 Å². The van der Waals surface area contributed by atoms with E-state index in [1.807, 2.05) is 26.0 Å². The monoisotopic (exact) mass is 287 g/mol. The van der Waals surface area contributed by atoms with Gasteiger partial charge in [0.05, 0.1) is 10.6 Å². The largest absolute Gasteiger partial charge is 0.507 e. The Balaban J connectivity index is 2.34. The van der Waals surface area contributed by atoms with Crippen LogP contribution in [0.5, 0.6) is 5.75 Å². The van der Waals surface area contributed by atoms with E-state index in [2.05, 4.69) is 21.2 Å². The molecule has 90 valence electrons. The van der Waals surface area contributed by atoms with Crippen molar-refractivity contribution in [3.63, 3.8) is 0 Å². The van der Waals surface area contributed by atoms with Gasteiger partial charge in [0.15, 0.2) is 0 Å². The summed E-state index contributed by atoms with van der Waals surface area (Å²) in [6.45, 7) is 6.38. The third-order valence-corrected chi connectivity index (χ3v) is 2.86.